The topological polar surface area (TPSA) is 66.4 Å². The maximum Gasteiger partial charge on any atom is 0.208 e. The molecule has 0 aromatic carbocycles. The van der Waals surface area contributed by atoms with Crippen molar-refractivity contribution < 1.29 is 13.5 Å². The van der Waals surface area contributed by atoms with Crippen LogP contribution in [0, 0.1) is 0 Å². The minimum atomic E-state index is -3.13. The maximum absolute atomic E-state index is 10.3. The highest BCUT2D eigenvalue weighted by Crippen LogP contribution is 1.77. The van der Waals surface area contributed by atoms with Gasteiger partial charge in [-0.1, -0.05) is 0 Å². The second kappa shape index (κ2) is 3.14. The van der Waals surface area contributed by atoms with Gasteiger partial charge in [0, 0.05) is 6.54 Å². The van der Waals surface area contributed by atoms with Gasteiger partial charge in [0.15, 0.2) is 0 Å². The highest BCUT2D eigenvalue weighted by molar-refractivity contribution is 7.88. The molecule has 5 heteroatoms. The predicted molar refractivity (Wildman–Crippen MR) is 34.5 cm³/mol. The average molecular weight is 153 g/mol. The van der Waals surface area contributed by atoms with Crippen molar-refractivity contribution in [1.29, 1.82) is 0 Å². The Hall–Kier alpha value is -0.130. The first kappa shape index (κ1) is 8.87. The minimum absolute atomic E-state index is 0.0822. The van der Waals surface area contributed by atoms with Crippen LogP contribution in [0.4, 0.5) is 0 Å². The van der Waals surface area contributed by atoms with Crippen LogP contribution in [-0.4, -0.2) is 32.4 Å². The molecule has 0 unspecified atom stereocenters. The summed E-state index contributed by atoms with van der Waals surface area (Å²) in [5.41, 5.74) is 0. The fourth-order valence-corrected chi connectivity index (χ4v) is 0.816. The van der Waals surface area contributed by atoms with Gasteiger partial charge in [-0.15, -0.1) is 0 Å². The van der Waals surface area contributed by atoms with E-state index >= 15 is 0 Å². The summed E-state index contributed by atoms with van der Waals surface area (Å²) in [6.07, 6.45) is 0.426. The van der Waals surface area contributed by atoms with Crippen LogP contribution in [-0.2, 0) is 10.0 Å². The largest absolute Gasteiger partial charge is 0.392 e. The van der Waals surface area contributed by atoms with Gasteiger partial charge >= 0.3 is 0 Å². The van der Waals surface area contributed by atoms with Crippen molar-refractivity contribution >= 4 is 10.0 Å². The van der Waals surface area contributed by atoms with Crippen molar-refractivity contribution in [2.24, 2.45) is 0 Å². The van der Waals surface area contributed by atoms with Crippen LogP contribution < -0.4 is 4.72 Å². The SMILES string of the molecule is C[C@@H](O)CNS(C)(=O)=O. The van der Waals surface area contributed by atoms with Crippen molar-refractivity contribution in [2.45, 2.75) is 13.0 Å². The van der Waals surface area contributed by atoms with E-state index in [1.54, 1.807) is 0 Å². The number of hydrogen-bond acceptors (Lipinski definition) is 3. The Bertz CT molecular complexity index is 161. The summed E-state index contributed by atoms with van der Waals surface area (Å²) >= 11 is 0. The van der Waals surface area contributed by atoms with E-state index in [0.29, 0.717) is 0 Å². The molecule has 0 aromatic heterocycles. The zero-order valence-electron chi connectivity index (χ0n) is 5.46. The van der Waals surface area contributed by atoms with Gasteiger partial charge in [0.25, 0.3) is 0 Å². The van der Waals surface area contributed by atoms with Gasteiger partial charge < -0.3 is 5.11 Å². The smallest absolute Gasteiger partial charge is 0.208 e. The lowest BCUT2D eigenvalue weighted by Crippen LogP contribution is -2.29. The highest BCUT2D eigenvalue weighted by Gasteiger charge is 2.01. The molecule has 9 heavy (non-hydrogen) atoms. The van der Waals surface area contributed by atoms with Gasteiger partial charge in [0.2, 0.25) is 10.0 Å². The molecule has 0 aliphatic heterocycles. The van der Waals surface area contributed by atoms with Gasteiger partial charge in [-0.2, -0.15) is 0 Å². The standard InChI is InChI=1S/C4H11NO3S/c1-4(6)3-5-9(2,7)8/h4-6H,3H2,1-2H3/t4-/m1/s1. The Morgan fingerprint density at radius 1 is 1.67 bits per heavy atom. The summed E-state index contributed by atoms with van der Waals surface area (Å²) in [6.45, 7) is 1.59. The van der Waals surface area contributed by atoms with Gasteiger partial charge in [0.05, 0.1) is 12.4 Å². The molecule has 0 aliphatic carbocycles. The molecule has 0 spiro atoms. The Kier molecular flexibility index (Phi) is 3.10. The maximum atomic E-state index is 10.3. The highest BCUT2D eigenvalue weighted by atomic mass is 32.2. The minimum Gasteiger partial charge on any atom is -0.392 e. The first-order chi connectivity index (χ1) is 3.92. The Morgan fingerprint density at radius 3 is 2.22 bits per heavy atom. The molecule has 0 amide bonds. The lowest BCUT2D eigenvalue weighted by atomic mass is 10.4. The van der Waals surface area contributed by atoms with E-state index in [1.807, 2.05) is 0 Å². The quantitative estimate of drug-likeness (QED) is 0.542. The van der Waals surface area contributed by atoms with Gasteiger partial charge in [-0.05, 0) is 6.92 Å². The van der Waals surface area contributed by atoms with E-state index < -0.39 is 16.1 Å². The fraction of sp³-hybridized carbons (Fsp3) is 1.00. The Balaban J connectivity index is 3.53. The zero-order chi connectivity index (χ0) is 7.49. The van der Waals surface area contributed by atoms with Crippen LogP contribution in [0.3, 0.4) is 0 Å². The van der Waals surface area contributed by atoms with Crippen LogP contribution in [0.2, 0.25) is 0 Å². The molecule has 2 N–H and O–H groups in total. The van der Waals surface area contributed by atoms with Gasteiger partial charge in [-0.25, -0.2) is 13.1 Å². The van der Waals surface area contributed by atoms with E-state index in [4.69, 9.17) is 5.11 Å². The predicted octanol–water partition coefficient (Wildman–Crippen LogP) is -1.08. The third-order valence-electron chi connectivity index (χ3n) is 0.641. The van der Waals surface area contributed by atoms with Crippen molar-refractivity contribution in [2.75, 3.05) is 12.8 Å². The monoisotopic (exact) mass is 153 g/mol. The molecule has 0 saturated heterocycles. The molecule has 0 aromatic rings. The number of rotatable bonds is 3. The molecular weight excluding hydrogens is 142 g/mol. The molecule has 56 valence electrons. The second-order valence-corrected chi connectivity index (χ2v) is 3.80. The molecule has 0 bridgehead atoms. The third kappa shape index (κ3) is 7.87. The average Bonchev–Trinajstić information content (AvgIpc) is 1.59. The van der Waals surface area contributed by atoms with Crippen molar-refractivity contribution in [1.82, 2.24) is 4.72 Å². The fourth-order valence-electron chi connectivity index (χ4n) is 0.272. The number of aliphatic hydroxyl groups excluding tert-OH is 1. The molecular formula is C4H11NO3S. The van der Waals surface area contributed by atoms with E-state index in [9.17, 15) is 8.42 Å². The van der Waals surface area contributed by atoms with Crippen molar-refractivity contribution in [3.63, 3.8) is 0 Å². The molecule has 0 heterocycles. The molecule has 0 rings (SSSR count). The molecule has 1 atom stereocenters. The lowest BCUT2D eigenvalue weighted by Gasteiger charge is -2.02. The lowest BCUT2D eigenvalue weighted by molar-refractivity contribution is 0.198. The van der Waals surface area contributed by atoms with Crippen LogP contribution in [0.5, 0.6) is 0 Å². The van der Waals surface area contributed by atoms with Gasteiger partial charge in [-0.3, -0.25) is 0 Å². The first-order valence-electron chi connectivity index (χ1n) is 2.54. The van der Waals surface area contributed by atoms with Crippen LogP contribution >= 0.6 is 0 Å². The second-order valence-electron chi connectivity index (χ2n) is 1.97. The summed E-state index contributed by atoms with van der Waals surface area (Å²) in [5.74, 6) is 0. The molecule has 0 saturated carbocycles. The van der Waals surface area contributed by atoms with Crippen LogP contribution in [0.15, 0.2) is 0 Å². The summed E-state index contributed by atoms with van der Waals surface area (Å²) in [6, 6.07) is 0. The number of hydrogen-bond donors (Lipinski definition) is 2. The van der Waals surface area contributed by atoms with E-state index in [0.717, 1.165) is 6.26 Å². The Morgan fingerprint density at radius 2 is 2.11 bits per heavy atom. The molecule has 0 radical (unpaired) electrons. The van der Waals surface area contributed by atoms with Crippen molar-refractivity contribution in [3.8, 4) is 0 Å². The van der Waals surface area contributed by atoms with Gasteiger partial charge in [0.1, 0.15) is 0 Å². The number of nitrogens with one attached hydrogen (secondary N) is 1. The molecule has 0 fully saturated rings. The first-order valence-corrected chi connectivity index (χ1v) is 4.43. The summed E-state index contributed by atoms with van der Waals surface area (Å²) in [4.78, 5) is 0. The van der Waals surface area contributed by atoms with E-state index in [1.165, 1.54) is 6.92 Å². The summed E-state index contributed by atoms with van der Waals surface area (Å²) < 4.78 is 22.8. The zero-order valence-corrected chi connectivity index (χ0v) is 6.27. The van der Waals surface area contributed by atoms with Crippen LogP contribution in [0.1, 0.15) is 6.92 Å². The molecule has 0 aliphatic rings. The summed E-state index contributed by atoms with van der Waals surface area (Å²) in [5, 5.41) is 8.59. The van der Waals surface area contributed by atoms with E-state index in [2.05, 4.69) is 4.72 Å². The molecule has 4 nitrogen and oxygen atoms in total. The van der Waals surface area contributed by atoms with E-state index in [-0.39, 0.29) is 6.54 Å². The third-order valence-corrected chi connectivity index (χ3v) is 1.33. The Labute approximate surface area is 54.9 Å². The number of sulfonamides is 1. The van der Waals surface area contributed by atoms with Crippen LogP contribution in [0.25, 0.3) is 0 Å². The summed E-state index contributed by atoms with van der Waals surface area (Å²) in [7, 11) is -3.13. The normalized spacial score (nSPS) is 15.4. The number of aliphatic hydroxyl groups is 1. The van der Waals surface area contributed by atoms with Crippen molar-refractivity contribution in [3.05, 3.63) is 0 Å².